The molecule has 0 aliphatic rings. The molecule has 0 radical (unpaired) electrons. The molecule has 86 valence electrons. The number of carbonyl (C=O) groups is 1. The van der Waals surface area contributed by atoms with E-state index in [1.807, 2.05) is 0 Å². The Kier molecular flexibility index (Phi) is 2.95. The number of pyridine rings is 1. The Balaban J connectivity index is 2.31. The lowest BCUT2D eigenvalue weighted by Crippen LogP contribution is -2.22. The third-order valence-corrected chi connectivity index (χ3v) is 2.14. The molecule has 1 N–H and O–H groups in total. The lowest BCUT2D eigenvalue weighted by atomic mass is 10.3. The largest absolute Gasteiger partial charge is 0.477 e. The third kappa shape index (κ3) is 2.54. The zero-order valence-electron chi connectivity index (χ0n) is 8.78. The Morgan fingerprint density at radius 3 is 2.88 bits per heavy atom. The summed E-state index contributed by atoms with van der Waals surface area (Å²) in [5.74, 6) is -1.09. The monoisotopic (exact) mass is 231 g/mol. The minimum Gasteiger partial charge on any atom is -0.477 e. The van der Waals surface area contributed by atoms with Crippen LogP contribution in [-0.2, 0) is 6.54 Å². The molecule has 0 aliphatic heterocycles. The summed E-state index contributed by atoms with van der Waals surface area (Å²) in [7, 11) is 0. The van der Waals surface area contributed by atoms with E-state index in [2.05, 4.69) is 9.97 Å². The maximum absolute atomic E-state index is 11.4. The SMILES string of the molecule is O=C(O)c1cccc(Cn2cccnc2=O)n1. The lowest BCUT2D eigenvalue weighted by molar-refractivity contribution is 0.0690. The van der Waals surface area contributed by atoms with Crippen LogP contribution in [0.5, 0.6) is 0 Å². The van der Waals surface area contributed by atoms with Crippen LogP contribution in [0.25, 0.3) is 0 Å². The minimum atomic E-state index is -1.09. The number of carboxylic acids is 1. The molecule has 0 spiro atoms. The smallest absolute Gasteiger partial charge is 0.354 e. The van der Waals surface area contributed by atoms with Crippen LogP contribution in [0.2, 0.25) is 0 Å². The number of aromatic carboxylic acids is 1. The molecule has 0 saturated heterocycles. The van der Waals surface area contributed by atoms with Gasteiger partial charge in [-0.2, -0.15) is 0 Å². The van der Waals surface area contributed by atoms with E-state index in [1.165, 1.54) is 16.8 Å². The fraction of sp³-hybridized carbons (Fsp3) is 0.0909. The molecule has 0 atom stereocenters. The normalized spacial score (nSPS) is 10.1. The fourth-order valence-corrected chi connectivity index (χ4v) is 1.37. The summed E-state index contributed by atoms with van der Waals surface area (Å²) in [6.45, 7) is 0.202. The van der Waals surface area contributed by atoms with Crippen molar-refractivity contribution in [2.75, 3.05) is 0 Å². The number of carboxylic acid groups (broad SMARTS) is 1. The Morgan fingerprint density at radius 1 is 1.35 bits per heavy atom. The molecule has 2 aromatic heterocycles. The van der Waals surface area contributed by atoms with E-state index in [0.29, 0.717) is 5.69 Å². The van der Waals surface area contributed by atoms with E-state index >= 15 is 0 Å². The first-order chi connectivity index (χ1) is 8.16. The van der Waals surface area contributed by atoms with Crippen molar-refractivity contribution in [1.82, 2.24) is 14.5 Å². The molecule has 0 bridgehead atoms. The number of rotatable bonds is 3. The number of nitrogens with zero attached hydrogens (tertiary/aromatic N) is 3. The minimum absolute atomic E-state index is 0.0422. The van der Waals surface area contributed by atoms with E-state index < -0.39 is 11.7 Å². The van der Waals surface area contributed by atoms with Gasteiger partial charge < -0.3 is 5.11 Å². The summed E-state index contributed by atoms with van der Waals surface area (Å²) in [5, 5.41) is 8.79. The third-order valence-electron chi connectivity index (χ3n) is 2.14. The molecule has 6 heteroatoms. The summed E-state index contributed by atoms with van der Waals surface area (Å²) in [6.07, 6.45) is 2.98. The summed E-state index contributed by atoms with van der Waals surface area (Å²) in [6, 6.07) is 6.28. The van der Waals surface area contributed by atoms with Crippen LogP contribution < -0.4 is 5.69 Å². The summed E-state index contributed by atoms with van der Waals surface area (Å²) in [5.41, 5.74) is 0.0643. The molecular formula is C11H9N3O3. The zero-order valence-corrected chi connectivity index (χ0v) is 8.78. The second-order valence-electron chi connectivity index (χ2n) is 3.35. The van der Waals surface area contributed by atoms with Crippen molar-refractivity contribution in [1.29, 1.82) is 0 Å². The number of hydrogen-bond acceptors (Lipinski definition) is 4. The molecule has 2 aromatic rings. The highest BCUT2D eigenvalue weighted by Gasteiger charge is 2.05. The second kappa shape index (κ2) is 4.56. The maximum Gasteiger partial charge on any atom is 0.354 e. The van der Waals surface area contributed by atoms with Gasteiger partial charge in [-0.15, -0.1) is 0 Å². The molecule has 2 heterocycles. The van der Waals surface area contributed by atoms with Gasteiger partial charge in [-0.05, 0) is 18.2 Å². The Labute approximate surface area is 96.2 Å². The van der Waals surface area contributed by atoms with Crippen molar-refractivity contribution in [2.24, 2.45) is 0 Å². The standard InChI is InChI=1S/C11H9N3O3/c15-10(16)9-4-1-3-8(13-9)7-14-6-2-5-12-11(14)17/h1-6H,7H2,(H,15,16). The summed E-state index contributed by atoms with van der Waals surface area (Å²) < 4.78 is 1.36. The van der Waals surface area contributed by atoms with Crippen molar-refractivity contribution >= 4 is 5.97 Å². The van der Waals surface area contributed by atoms with Gasteiger partial charge in [-0.3, -0.25) is 4.57 Å². The van der Waals surface area contributed by atoms with E-state index in [0.717, 1.165) is 0 Å². The molecule has 0 saturated carbocycles. The van der Waals surface area contributed by atoms with Gasteiger partial charge >= 0.3 is 11.7 Å². The summed E-state index contributed by atoms with van der Waals surface area (Å²) in [4.78, 5) is 29.6. The maximum atomic E-state index is 11.4. The molecule has 0 aliphatic carbocycles. The van der Waals surface area contributed by atoms with Crippen LogP contribution in [0, 0.1) is 0 Å². The zero-order chi connectivity index (χ0) is 12.3. The van der Waals surface area contributed by atoms with Gasteiger partial charge in [0.1, 0.15) is 5.69 Å². The predicted molar refractivity (Wildman–Crippen MR) is 58.8 cm³/mol. The molecule has 0 aromatic carbocycles. The van der Waals surface area contributed by atoms with Crippen molar-refractivity contribution in [3.8, 4) is 0 Å². The van der Waals surface area contributed by atoms with Crippen molar-refractivity contribution < 1.29 is 9.90 Å². The van der Waals surface area contributed by atoms with Gasteiger partial charge in [-0.25, -0.2) is 19.6 Å². The molecule has 6 nitrogen and oxygen atoms in total. The highest BCUT2D eigenvalue weighted by molar-refractivity contribution is 5.85. The molecule has 17 heavy (non-hydrogen) atoms. The van der Waals surface area contributed by atoms with Crippen LogP contribution in [0.1, 0.15) is 16.2 Å². The van der Waals surface area contributed by atoms with Crippen LogP contribution >= 0.6 is 0 Å². The summed E-state index contributed by atoms with van der Waals surface area (Å²) >= 11 is 0. The number of hydrogen-bond donors (Lipinski definition) is 1. The first kappa shape index (κ1) is 11.0. The van der Waals surface area contributed by atoms with E-state index in [4.69, 9.17) is 5.11 Å². The van der Waals surface area contributed by atoms with Gasteiger partial charge in [0.05, 0.1) is 12.2 Å². The average Bonchev–Trinajstić information content (AvgIpc) is 2.32. The van der Waals surface area contributed by atoms with E-state index in [9.17, 15) is 9.59 Å². The van der Waals surface area contributed by atoms with Gasteiger partial charge in [0.15, 0.2) is 0 Å². The fourth-order valence-electron chi connectivity index (χ4n) is 1.37. The lowest BCUT2D eigenvalue weighted by Gasteiger charge is -2.04. The molecule has 2 rings (SSSR count). The first-order valence-corrected chi connectivity index (χ1v) is 4.87. The number of aromatic nitrogens is 3. The average molecular weight is 231 g/mol. The Hall–Kier alpha value is -2.50. The Bertz CT molecular complexity index is 607. The molecule has 0 unspecified atom stereocenters. The van der Waals surface area contributed by atoms with Crippen LogP contribution in [-0.4, -0.2) is 25.6 Å². The highest BCUT2D eigenvalue weighted by atomic mass is 16.4. The Morgan fingerprint density at radius 2 is 2.18 bits per heavy atom. The van der Waals surface area contributed by atoms with E-state index in [1.54, 1.807) is 24.4 Å². The highest BCUT2D eigenvalue weighted by Crippen LogP contribution is 2.00. The molecular weight excluding hydrogens is 222 g/mol. The molecule has 0 fully saturated rings. The second-order valence-corrected chi connectivity index (χ2v) is 3.35. The van der Waals surface area contributed by atoms with Crippen molar-refractivity contribution in [3.05, 3.63) is 58.5 Å². The van der Waals surface area contributed by atoms with Crippen LogP contribution in [0.4, 0.5) is 0 Å². The quantitative estimate of drug-likeness (QED) is 0.825. The topological polar surface area (TPSA) is 85.1 Å². The van der Waals surface area contributed by atoms with Gasteiger partial charge in [0, 0.05) is 12.4 Å². The van der Waals surface area contributed by atoms with Crippen LogP contribution in [0.15, 0.2) is 41.5 Å². The van der Waals surface area contributed by atoms with Crippen molar-refractivity contribution in [3.63, 3.8) is 0 Å². The van der Waals surface area contributed by atoms with E-state index in [-0.39, 0.29) is 12.2 Å². The van der Waals surface area contributed by atoms with Gasteiger partial charge in [-0.1, -0.05) is 6.07 Å². The van der Waals surface area contributed by atoms with Gasteiger partial charge in [0.2, 0.25) is 0 Å². The molecule has 0 amide bonds. The van der Waals surface area contributed by atoms with Crippen molar-refractivity contribution in [2.45, 2.75) is 6.54 Å². The first-order valence-electron chi connectivity index (χ1n) is 4.87. The van der Waals surface area contributed by atoms with Crippen LogP contribution in [0.3, 0.4) is 0 Å². The predicted octanol–water partition coefficient (Wildman–Crippen LogP) is 0.385. The van der Waals surface area contributed by atoms with Gasteiger partial charge in [0.25, 0.3) is 0 Å².